The summed E-state index contributed by atoms with van der Waals surface area (Å²) < 4.78 is 5.19. The van der Waals surface area contributed by atoms with E-state index < -0.39 is 5.60 Å². The first kappa shape index (κ1) is 14.4. The molecule has 0 aliphatic carbocycles. The fourth-order valence-electron chi connectivity index (χ4n) is 2.36. The molecule has 3 aromatic rings. The van der Waals surface area contributed by atoms with Crippen LogP contribution in [0, 0.1) is 0 Å². The van der Waals surface area contributed by atoms with Gasteiger partial charge in [0, 0.05) is 5.56 Å². The van der Waals surface area contributed by atoms with Crippen LogP contribution >= 0.6 is 0 Å². The van der Waals surface area contributed by atoms with E-state index in [0.29, 0.717) is 11.3 Å². The average Bonchev–Trinajstić information content (AvgIpc) is 3.07. The molecule has 1 amide bonds. The maximum absolute atomic E-state index is 12.3. The van der Waals surface area contributed by atoms with Gasteiger partial charge in [-0.2, -0.15) is 0 Å². The molecule has 0 aliphatic heterocycles. The van der Waals surface area contributed by atoms with Crippen LogP contribution in [-0.2, 0) is 5.60 Å². The van der Waals surface area contributed by atoms with Crippen molar-refractivity contribution in [2.45, 2.75) is 12.5 Å². The number of carbonyl (C=O) groups is 1. The standard InChI is InChI=1S/C18H17NO3/c1-18(21,16-7-4-10-22-16)12-19-17(20)15-9-8-13-5-2-3-6-14(13)11-15/h2-11,21H,12H2,1H3,(H,19,20). The van der Waals surface area contributed by atoms with Crippen LogP contribution in [0.4, 0.5) is 0 Å². The number of rotatable bonds is 4. The second-order valence-corrected chi connectivity index (χ2v) is 5.50. The van der Waals surface area contributed by atoms with Gasteiger partial charge in [-0.25, -0.2) is 0 Å². The molecule has 1 unspecified atom stereocenters. The number of benzene rings is 2. The molecular formula is C18H17NO3. The van der Waals surface area contributed by atoms with Crippen LogP contribution in [0.3, 0.4) is 0 Å². The number of carbonyl (C=O) groups excluding carboxylic acids is 1. The van der Waals surface area contributed by atoms with Crippen molar-refractivity contribution in [2.75, 3.05) is 6.54 Å². The van der Waals surface area contributed by atoms with Gasteiger partial charge in [-0.15, -0.1) is 0 Å². The van der Waals surface area contributed by atoms with E-state index in [9.17, 15) is 9.90 Å². The first-order valence-corrected chi connectivity index (χ1v) is 7.10. The predicted molar refractivity (Wildman–Crippen MR) is 84.6 cm³/mol. The Labute approximate surface area is 128 Å². The lowest BCUT2D eigenvalue weighted by Gasteiger charge is -2.21. The highest BCUT2D eigenvalue weighted by Crippen LogP contribution is 2.20. The number of fused-ring (bicyclic) bond motifs is 1. The van der Waals surface area contributed by atoms with Crippen molar-refractivity contribution < 1.29 is 14.3 Å². The summed E-state index contributed by atoms with van der Waals surface area (Å²) in [6, 6.07) is 16.8. The van der Waals surface area contributed by atoms with Gasteiger partial charge in [-0.1, -0.05) is 30.3 Å². The molecule has 0 fully saturated rings. The van der Waals surface area contributed by atoms with Gasteiger partial charge < -0.3 is 14.8 Å². The molecule has 1 heterocycles. The van der Waals surface area contributed by atoms with Crippen LogP contribution in [0.2, 0.25) is 0 Å². The number of hydrogen-bond donors (Lipinski definition) is 2. The Morgan fingerprint density at radius 3 is 2.64 bits per heavy atom. The van der Waals surface area contributed by atoms with Gasteiger partial charge in [0.2, 0.25) is 0 Å². The van der Waals surface area contributed by atoms with E-state index in [4.69, 9.17) is 4.42 Å². The quantitative estimate of drug-likeness (QED) is 0.777. The lowest BCUT2D eigenvalue weighted by atomic mass is 10.0. The first-order chi connectivity index (χ1) is 10.6. The number of nitrogens with one attached hydrogen (secondary N) is 1. The normalized spacial score (nSPS) is 13.7. The number of amides is 1. The highest BCUT2D eigenvalue weighted by Gasteiger charge is 2.26. The van der Waals surface area contributed by atoms with E-state index in [1.165, 1.54) is 6.26 Å². The van der Waals surface area contributed by atoms with Gasteiger partial charge in [0.15, 0.2) is 0 Å². The summed E-state index contributed by atoms with van der Waals surface area (Å²) in [6.45, 7) is 1.68. The number of furan rings is 1. The Hall–Kier alpha value is -2.59. The zero-order valence-corrected chi connectivity index (χ0v) is 12.2. The molecule has 1 atom stereocenters. The van der Waals surface area contributed by atoms with Crippen LogP contribution < -0.4 is 5.32 Å². The SMILES string of the molecule is CC(O)(CNC(=O)c1ccc2ccccc2c1)c1ccco1. The minimum Gasteiger partial charge on any atom is -0.466 e. The number of hydrogen-bond acceptors (Lipinski definition) is 3. The third-order valence-corrected chi connectivity index (χ3v) is 3.66. The summed E-state index contributed by atoms with van der Waals surface area (Å²) in [5, 5.41) is 15.2. The summed E-state index contributed by atoms with van der Waals surface area (Å²) >= 11 is 0. The molecule has 3 rings (SSSR count). The van der Waals surface area contributed by atoms with E-state index in [2.05, 4.69) is 5.32 Å². The second kappa shape index (κ2) is 5.66. The van der Waals surface area contributed by atoms with E-state index in [1.54, 1.807) is 25.1 Å². The number of aliphatic hydroxyl groups is 1. The maximum atomic E-state index is 12.3. The van der Waals surface area contributed by atoms with Gasteiger partial charge in [-0.3, -0.25) is 4.79 Å². The molecule has 22 heavy (non-hydrogen) atoms. The third kappa shape index (κ3) is 2.87. The van der Waals surface area contributed by atoms with E-state index >= 15 is 0 Å². The molecule has 0 spiro atoms. The molecule has 112 valence electrons. The average molecular weight is 295 g/mol. The fraction of sp³-hybridized carbons (Fsp3) is 0.167. The highest BCUT2D eigenvalue weighted by atomic mass is 16.4. The summed E-state index contributed by atoms with van der Waals surface area (Å²) in [4.78, 5) is 12.3. The Kier molecular flexibility index (Phi) is 3.69. The topological polar surface area (TPSA) is 62.5 Å². The molecule has 0 saturated heterocycles. The van der Waals surface area contributed by atoms with Gasteiger partial charge in [-0.05, 0) is 42.0 Å². The molecular weight excluding hydrogens is 278 g/mol. The summed E-state index contributed by atoms with van der Waals surface area (Å²) in [5.74, 6) is 0.198. The molecule has 4 nitrogen and oxygen atoms in total. The lowest BCUT2D eigenvalue weighted by molar-refractivity contribution is 0.0330. The molecule has 1 aromatic heterocycles. The molecule has 2 aromatic carbocycles. The van der Waals surface area contributed by atoms with E-state index in [0.717, 1.165) is 10.8 Å². The molecule has 0 radical (unpaired) electrons. The smallest absolute Gasteiger partial charge is 0.251 e. The van der Waals surface area contributed by atoms with Gasteiger partial charge in [0.25, 0.3) is 5.91 Å². The zero-order chi connectivity index (χ0) is 15.6. The van der Waals surface area contributed by atoms with Gasteiger partial charge in [0.1, 0.15) is 11.4 Å². The summed E-state index contributed by atoms with van der Waals surface area (Å²) in [7, 11) is 0. The largest absolute Gasteiger partial charge is 0.466 e. The lowest BCUT2D eigenvalue weighted by Crippen LogP contribution is -2.38. The minimum absolute atomic E-state index is 0.0756. The van der Waals surface area contributed by atoms with Crippen molar-refractivity contribution in [2.24, 2.45) is 0 Å². The summed E-state index contributed by atoms with van der Waals surface area (Å²) in [5.41, 5.74) is -0.676. The predicted octanol–water partition coefficient (Wildman–Crippen LogP) is 3.07. The Morgan fingerprint density at radius 2 is 1.91 bits per heavy atom. The third-order valence-electron chi connectivity index (χ3n) is 3.66. The van der Waals surface area contributed by atoms with Crippen molar-refractivity contribution in [3.05, 3.63) is 72.2 Å². The molecule has 4 heteroatoms. The van der Waals surface area contributed by atoms with Crippen molar-refractivity contribution in [1.82, 2.24) is 5.32 Å². The van der Waals surface area contributed by atoms with Crippen LogP contribution in [0.25, 0.3) is 10.8 Å². The molecule has 0 aliphatic rings. The Morgan fingerprint density at radius 1 is 1.14 bits per heavy atom. The highest BCUT2D eigenvalue weighted by molar-refractivity contribution is 5.98. The second-order valence-electron chi connectivity index (χ2n) is 5.50. The molecule has 0 bridgehead atoms. The van der Waals surface area contributed by atoms with Crippen LogP contribution in [0.15, 0.2) is 65.3 Å². The Balaban J connectivity index is 1.73. The van der Waals surface area contributed by atoms with E-state index in [-0.39, 0.29) is 12.5 Å². The van der Waals surface area contributed by atoms with Gasteiger partial charge in [0.05, 0.1) is 12.8 Å². The summed E-state index contributed by atoms with van der Waals surface area (Å²) in [6.07, 6.45) is 1.49. The first-order valence-electron chi connectivity index (χ1n) is 7.10. The van der Waals surface area contributed by atoms with Crippen molar-refractivity contribution >= 4 is 16.7 Å². The maximum Gasteiger partial charge on any atom is 0.251 e. The monoisotopic (exact) mass is 295 g/mol. The fourth-order valence-corrected chi connectivity index (χ4v) is 2.36. The molecule has 2 N–H and O–H groups in total. The van der Waals surface area contributed by atoms with Gasteiger partial charge >= 0.3 is 0 Å². The van der Waals surface area contributed by atoms with Crippen LogP contribution in [0.1, 0.15) is 23.0 Å². The van der Waals surface area contributed by atoms with Crippen LogP contribution in [-0.4, -0.2) is 17.6 Å². The molecule has 0 saturated carbocycles. The van der Waals surface area contributed by atoms with Crippen molar-refractivity contribution in [1.29, 1.82) is 0 Å². The van der Waals surface area contributed by atoms with Crippen molar-refractivity contribution in [3.8, 4) is 0 Å². The Bertz CT molecular complexity index is 791. The van der Waals surface area contributed by atoms with Crippen molar-refractivity contribution in [3.63, 3.8) is 0 Å². The van der Waals surface area contributed by atoms with Crippen LogP contribution in [0.5, 0.6) is 0 Å². The minimum atomic E-state index is -1.24. The zero-order valence-electron chi connectivity index (χ0n) is 12.2. The van der Waals surface area contributed by atoms with E-state index in [1.807, 2.05) is 36.4 Å².